The highest BCUT2D eigenvalue weighted by Gasteiger charge is 2.34. The van der Waals surface area contributed by atoms with Crippen LogP contribution in [0.25, 0.3) is 0 Å². The van der Waals surface area contributed by atoms with Crippen molar-refractivity contribution >= 4 is 28.3 Å². The highest BCUT2D eigenvalue weighted by Crippen LogP contribution is 2.16. The van der Waals surface area contributed by atoms with Crippen LogP contribution in [-0.2, 0) is 9.53 Å². The molecule has 2 heterocycles. The van der Waals surface area contributed by atoms with E-state index in [1.54, 1.807) is 5.38 Å². The number of ether oxygens (including phenoxy) is 1. The molecule has 1 atom stereocenters. The molecule has 0 radical (unpaired) electrons. The van der Waals surface area contributed by atoms with Crippen LogP contribution in [0.1, 0.15) is 24.3 Å². The molecule has 1 aromatic rings. The van der Waals surface area contributed by atoms with Gasteiger partial charge in [0.1, 0.15) is 11.7 Å². The van der Waals surface area contributed by atoms with Crippen LogP contribution in [0.5, 0.6) is 0 Å². The molecule has 1 aliphatic rings. The molecule has 20 heavy (non-hydrogen) atoms. The number of carbonyl (C=O) groups is 2. The maximum atomic E-state index is 12.4. The first-order valence-electron chi connectivity index (χ1n) is 6.39. The lowest BCUT2D eigenvalue weighted by molar-refractivity contribution is -0.131. The summed E-state index contributed by atoms with van der Waals surface area (Å²) in [5, 5.41) is 4.74. The van der Waals surface area contributed by atoms with Crippen molar-refractivity contribution in [3.05, 3.63) is 11.1 Å². The van der Waals surface area contributed by atoms with Gasteiger partial charge in [-0.15, -0.1) is 11.3 Å². The minimum absolute atomic E-state index is 0.0105. The van der Waals surface area contributed by atoms with Gasteiger partial charge < -0.3 is 20.7 Å². The number of amides is 2. The Morgan fingerprint density at radius 3 is 2.95 bits per heavy atom. The van der Waals surface area contributed by atoms with Crippen molar-refractivity contribution in [1.29, 1.82) is 0 Å². The van der Waals surface area contributed by atoms with E-state index in [-0.39, 0.29) is 30.2 Å². The summed E-state index contributed by atoms with van der Waals surface area (Å²) in [7, 11) is 0. The van der Waals surface area contributed by atoms with Crippen molar-refractivity contribution in [3.63, 3.8) is 0 Å². The van der Waals surface area contributed by atoms with Crippen LogP contribution in [0.2, 0.25) is 0 Å². The summed E-state index contributed by atoms with van der Waals surface area (Å²) in [6.07, 6.45) is 0. The molecule has 0 aromatic carbocycles. The minimum atomic E-state index is -0.624. The van der Waals surface area contributed by atoms with E-state index in [9.17, 15) is 9.59 Å². The van der Waals surface area contributed by atoms with Crippen LogP contribution in [0.15, 0.2) is 5.38 Å². The van der Waals surface area contributed by atoms with Gasteiger partial charge >= 0.3 is 0 Å². The van der Waals surface area contributed by atoms with E-state index in [4.69, 9.17) is 10.5 Å². The van der Waals surface area contributed by atoms with E-state index in [1.165, 1.54) is 16.2 Å². The SMILES string of the molecule is CC(C)NC(=O)C1COCCN1C(=O)c1csc(N)n1. The lowest BCUT2D eigenvalue weighted by atomic mass is 10.2. The number of nitrogen functional groups attached to an aromatic ring is 1. The second kappa shape index (κ2) is 6.19. The molecular formula is C12H18N4O3S. The molecule has 0 aliphatic carbocycles. The molecule has 0 spiro atoms. The zero-order valence-electron chi connectivity index (χ0n) is 11.5. The van der Waals surface area contributed by atoms with Crippen molar-refractivity contribution in [2.45, 2.75) is 25.9 Å². The average molecular weight is 298 g/mol. The highest BCUT2D eigenvalue weighted by atomic mass is 32.1. The molecule has 1 aromatic heterocycles. The molecule has 2 amide bonds. The first kappa shape index (κ1) is 14.7. The summed E-state index contributed by atoms with van der Waals surface area (Å²) < 4.78 is 5.31. The van der Waals surface area contributed by atoms with Crippen LogP contribution in [0.4, 0.5) is 5.13 Å². The molecule has 0 bridgehead atoms. The summed E-state index contributed by atoms with van der Waals surface area (Å²) in [4.78, 5) is 30.0. The van der Waals surface area contributed by atoms with E-state index in [0.717, 1.165) is 0 Å². The standard InChI is InChI=1S/C12H18N4O3S/c1-7(2)14-10(17)9-5-19-4-3-16(9)11(18)8-6-20-12(13)15-8/h6-7,9H,3-5H2,1-2H3,(H2,13,15)(H,14,17). The quantitative estimate of drug-likeness (QED) is 0.824. The van der Waals surface area contributed by atoms with Gasteiger partial charge in [0.05, 0.1) is 13.2 Å². The topological polar surface area (TPSA) is 97.5 Å². The summed E-state index contributed by atoms with van der Waals surface area (Å²) in [6, 6.07) is -0.613. The smallest absolute Gasteiger partial charge is 0.274 e. The number of rotatable bonds is 3. The van der Waals surface area contributed by atoms with Crippen LogP contribution >= 0.6 is 11.3 Å². The Labute approximate surface area is 121 Å². The van der Waals surface area contributed by atoms with Gasteiger partial charge in [-0.25, -0.2) is 4.98 Å². The number of hydrogen-bond acceptors (Lipinski definition) is 6. The normalized spacial score (nSPS) is 19.1. The number of nitrogens with zero attached hydrogens (tertiary/aromatic N) is 2. The first-order valence-corrected chi connectivity index (χ1v) is 7.27. The van der Waals surface area contributed by atoms with Crippen LogP contribution in [-0.4, -0.2) is 53.5 Å². The molecule has 1 unspecified atom stereocenters. The van der Waals surface area contributed by atoms with Crippen molar-refractivity contribution < 1.29 is 14.3 Å². The molecule has 1 fully saturated rings. The maximum absolute atomic E-state index is 12.4. The van der Waals surface area contributed by atoms with Crippen molar-refractivity contribution in [3.8, 4) is 0 Å². The Hall–Kier alpha value is -1.67. The molecule has 8 heteroatoms. The van der Waals surface area contributed by atoms with E-state index in [2.05, 4.69) is 10.3 Å². The summed E-state index contributed by atoms with van der Waals surface area (Å²) in [5.41, 5.74) is 5.81. The number of thiazole rings is 1. The molecule has 7 nitrogen and oxygen atoms in total. The van der Waals surface area contributed by atoms with Crippen LogP contribution in [0, 0.1) is 0 Å². The Bertz CT molecular complexity index is 503. The molecule has 0 saturated carbocycles. The zero-order chi connectivity index (χ0) is 14.7. The second-order valence-electron chi connectivity index (χ2n) is 4.82. The second-order valence-corrected chi connectivity index (χ2v) is 5.71. The third kappa shape index (κ3) is 3.26. The van der Waals surface area contributed by atoms with Crippen LogP contribution < -0.4 is 11.1 Å². The third-order valence-electron chi connectivity index (χ3n) is 2.86. The Morgan fingerprint density at radius 2 is 2.35 bits per heavy atom. The number of nitrogens with one attached hydrogen (secondary N) is 1. The predicted octanol–water partition coefficient (Wildman–Crippen LogP) is 0.0909. The van der Waals surface area contributed by atoms with E-state index >= 15 is 0 Å². The number of aromatic nitrogens is 1. The molecular weight excluding hydrogens is 280 g/mol. The van der Waals surface area contributed by atoms with Crippen molar-refractivity contribution in [2.24, 2.45) is 0 Å². The van der Waals surface area contributed by atoms with Crippen molar-refractivity contribution in [1.82, 2.24) is 15.2 Å². The number of nitrogens with two attached hydrogens (primary N) is 1. The molecule has 1 saturated heterocycles. The molecule has 1 aliphatic heterocycles. The van der Waals surface area contributed by atoms with Gasteiger partial charge in [0.2, 0.25) is 5.91 Å². The van der Waals surface area contributed by atoms with Gasteiger partial charge in [0.15, 0.2) is 5.13 Å². The monoisotopic (exact) mass is 298 g/mol. The lowest BCUT2D eigenvalue weighted by Crippen LogP contribution is -2.56. The maximum Gasteiger partial charge on any atom is 0.274 e. The van der Waals surface area contributed by atoms with Gasteiger partial charge in [-0.1, -0.05) is 0 Å². The van der Waals surface area contributed by atoms with Crippen LogP contribution in [0.3, 0.4) is 0 Å². The number of anilines is 1. The van der Waals surface area contributed by atoms with Gasteiger partial charge in [-0.2, -0.15) is 0 Å². The number of morpholine rings is 1. The van der Waals surface area contributed by atoms with E-state index < -0.39 is 6.04 Å². The zero-order valence-corrected chi connectivity index (χ0v) is 12.3. The fourth-order valence-corrected chi connectivity index (χ4v) is 2.51. The Kier molecular flexibility index (Phi) is 4.56. The Balaban J connectivity index is 2.14. The largest absolute Gasteiger partial charge is 0.377 e. The number of carbonyl (C=O) groups excluding carboxylic acids is 2. The Morgan fingerprint density at radius 1 is 1.60 bits per heavy atom. The van der Waals surface area contributed by atoms with Crippen molar-refractivity contribution in [2.75, 3.05) is 25.5 Å². The molecule has 110 valence electrons. The van der Waals surface area contributed by atoms with Gasteiger partial charge in [0.25, 0.3) is 5.91 Å². The summed E-state index contributed by atoms with van der Waals surface area (Å²) >= 11 is 1.20. The number of hydrogen-bond donors (Lipinski definition) is 2. The summed E-state index contributed by atoms with van der Waals surface area (Å²) in [6.45, 7) is 4.72. The first-order chi connectivity index (χ1) is 9.49. The van der Waals surface area contributed by atoms with Gasteiger partial charge in [-0.3, -0.25) is 9.59 Å². The lowest BCUT2D eigenvalue weighted by Gasteiger charge is -2.34. The molecule has 2 rings (SSSR count). The fraction of sp³-hybridized carbons (Fsp3) is 0.583. The third-order valence-corrected chi connectivity index (χ3v) is 3.54. The van der Waals surface area contributed by atoms with Gasteiger partial charge in [0, 0.05) is 18.0 Å². The average Bonchev–Trinajstić information content (AvgIpc) is 2.84. The minimum Gasteiger partial charge on any atom is -0.377 e. The van der Waals surface area contributed by atoms with E-state index in [0.29, 0.717) is 18.3 Å². The van der Waals surface area contributed by atoms with E-state index in [1.807, 2.05) is 13.8 Å². The molecule has 3 N–H and O–H groups in total. The summed E-state index contributed by atoms with van der Waals surface area (Å²) in [5.74, 6) is -0.499. The van der Waals surface area contributed by atoms with Gasteiger partial charge in [-0.05, 0) is 13.8 Å². The predicted molar refractivity (Wildman–Crippen MR) is 75.4 cm³/mol. The highest BCUT2D eigenvalue weighted by molar-refractivity contribution is 7.13. The fourth-order valence-electron chi connectivity index (χ4n) is 1.98.